The molecule has 0 bridgehead atoms. The van der Waals surface area contributed by atoms with E-state index in [2.05, 4.69) is 15.3 Å². The van der Waals surface area contributed by atoms with E-state index in [1.165, 1.54) is 0 Å². The number of aromatic nitrogens is 2. The minimum atomic E-state index is 0.181. The molecule has 2 aromatic rings. The molecule has 1 atom stereocenters. The van der Waals surface area contributed by atoms with Crippen LogP contribution in [0.15, 0.2) is 30.6 Å². The number of para-hydroxylation sites is 1. The lowest BCUT2D eigenvalue weighted by atomic mass is 10.2. The molecule has 3 nitrogen and oxygen atoms in total. The van der Waals surface area contributed by atoms with E-state index in [1.807, 2.05) is 31.2 Å². The van der Waals surface area contributed by atoms with Gasteiger partial charge in [0.15, 0.2) is 0 Å². The highest BCUT2D eigenvalue weighted by molar-refractivity contribution is 6.20. The van der Waals surface area contributed by atoms with Crippen LogP contribution < -0.4 is 5.32 Å². The fraction of sp³-hybridized carbons (Fsp3) is 0.333. The first-order chi connectivity index (χ1) is 7.77. The maximum atomic E-state index is 5.89. The lowest BCUT2D eigenvalue weighted by Gasteiger charge is -2.08. The number of benzene rings is 1. The maximum absolute atomic E-state index is 5.89. The smallest absolute Gasteiger partial charge is 0.137 e. The van der Waals surface area contributed by atoms with Crippen molar-refractivity contribution in [3.05, 3.63) is 30.6 Å². The third-order valence-corrected chi connectivity index (χ3v) is 2.60. The number of hydrogen-bond acceptors (Lipinski definition) is 3. The van der Waals surface area contributed by atoms with Crippen molar-refractivity contribution in [2.24, 2.45) is 0 Å². The summed E-state index contributed by atoms with van der Waals surface area (Å²) in [5.74, 6) is 0.878. The molecule has 0 aliphatic heterocycles. The second kappa shape index (κ2) is 5.12. The Morgan fingerprint density at radius 3 is 2.94 bits per heavy atom. The van der Waals surface area contributed by atoms with Crippen molar-refractivity contribution in [2.45, 2.75) is 18.7 Å². The van der Waals surface area contributed by atoms with Crippen molar-refractivity contribution < 1.29 is 0 Å². The third-order valence-electron chi connectivity index (χ3n) is 2.38. The summed E-state index contributed by atoms with van der Waals surface area (Å²) in [5, 5.41) is 4.51. The standard InChI is InChI=1S/C12H14ClN3/c1-9(13)6-7-14-12-10-4-2-3-5-11(10)15-8-16-12/h2-5,8-9H,6-7H2,1H3,(H,14,15,16). The minimum Gasteiger partial charge on any atom is -0.369 e. The summed E-state index contributed by atoms with van der Waals surface area (Å²) >= 11 is 5.89. The molecule has 4 heteroatoms. The number of anilines is 1. The zero-order valence-electron chi connectivity index (χ0n) is 9.15. The first-order valence-electron chi connectivity index (χ1n) is 5.35. The molecule has 1 aromatic carbocycles. The summed E-state index contributed by atoms with van der Waals surface area (Å²) in [6.45, 7) is 2.81. The predicted octanol–water partition coefficient (Wildman–Crippen LogP) is 3.06. The second-order valence-electron chi connectivity index (χ2n) is 3.74. The molecule has 2 rings (SSSR count). The Hall–Kier alpha value is -1.35. The van der Waals surface area contributed by atoms with Crippen LogP contribution in [0.3, 0.4) is 0 Å². The van der Waals surface area contributed by atoms with Gasteiger partial charge in [0.1, 0.15) is 12.1 Å². The Labute approximate surface area is 99.9 Å². The zero-order chi connectivity index (χ0) is 11.4. The van der Waals surface area contributed by atoms with Crippen molar-refractivity contribution in [1.82, 2.24) is 9.97 Å². The normalized spacial score (nSPS) is 12.6. The average molecular weight is 236 g/mol. The Balaban J connectivity index is 2.17. The van der Waals surface area contributed by atoms with E-state index in [0.717, 1.165) is 29.7 Å². The molecule has 0 saturated heterocycles. The van der Waals surface area contributed by atoms with Gasteiger partial charge in [-0.3, -0.25) is 0 Å². The number of hydrogen-bond donors (Lipinski definition) is 1. The largest absolute Gasteiger partial charge is 0.369 e. The van der Waals surface area contributed by atoms with Crippen LogP contribution in [0.4, 0.5) is 5.82 Å². The highest BCUT2D eigenvalue weighted by Crippen LogP contribution is 2.18. The van der Waals surface area contributed by atoms with Crippen LogP contribution >= 0.6 is 11.6 Å². The molecule has 1 N–H and O–H groups in total. The van der Waals surface area contributed by atoms with Crippen LogP contribution in [0, 0.1) is 0 Å². The van der Waals surface area contributed by atoms with Gasteiger partial charge in [0, 0.05) is 17.3 Å². The quantitative estimate of drug-likeness (QED) is 0.828. The van der Waals surface area contributed by atoms with Gasteiger partial charge in [0.05, 0.1) is 5.52 Å². The zero-order valence-corrected chi connectivity index (χ0v) is 9.91. The Bertz CT molecular complexity index is 465. The summed E-state index contributed by atoms with van der Waals surface area (Å²) in [6, 6.07) is 7.95. The molecule has 0 saturated carbocycles. The Morgan fingerprint density at radius 1 is 1.31 bits per heavy atom. The summed E-state index contributed by atoms with van der Waals surface area (Å²) in [5.41, 5.74) is 0.957. The van der Waals surface area contributed by atoms with Crippen LogP contribution in [0.1, 0.15) is 13.3 Å². The Morgan fingerprint density at radius 2 is 2.12 bits per heavy atom. The molecule has 84 valence electrons. The summed E-state index contributed by atoms with van der Waals surface area (Å²) < 4.78 is 0. The van der Waals surface area contributed by atoms with E-state index in [4.69, 9.17) is 11.6 Å². The van der Waals surface area contributed by atoms with Gasteiger partial charge in [0.25, 0.3) is 0 Å². The molecule has 0 aliphatic rings. The molecule has 0 radical (unpaired) electrons. The van der Waals surface area contributed by atoms with Crippen molar-refractivity contribution in [3.8, 4) is 0 Å². The van der Waals surface area contributed by atoms with Crippen LogP contribution in [0.5, 0.6) is 0 Å². The number of nitrogens with zero attached hydrogens (tertiary/aromatic N) is 2. The van der Waals surface area contributed by atoms with E-state index < -0.39 is 0 Å². The molecular formula is C12H14ClN3. The molecule has 16 heavy (non-hydrogen) atoms. The van der Waals surface area contributed by atoms with E-state index in [-0.39, 0.29) is 5.38 Å². The number of fused-ring (bicyclic) bond motifs is 1. The molecule has 1 aromatic heterocycles. The second-order valence-corrected chi connectivity index (χ2v) is 4.48. The van der Waals surface area contributed by atoms with Gasteiger partial charge >= 0.3 is 0 Å². The van der Waals surface area contributed by atoms with E-state index >= 15 is 0 Å². The molecule has 1 unspecified atom stereocenters. The van der Waals surface area contributed by atoms with Crippen LogP contribution in [-0.2, 0) is 0 Å². The SMILES string of the molecule is CC(Cl)CCNc1ncnc2ccccc12. The van der Waals surface area contributed by atoms with Gasteiger partial charge in [-0.2, -0.15) is 0 Å². The maximum Gasteiger partial charge on any atom is 0.137 e. The van der Waals surface area contributed by atoms with Gasteiger partial charge in [-0.25, -0.2) is 9.97 Å². The number of alkyl halides is 1. The average Bonchev–Trinajstić information content (AvgIpc) is 2.29. The van der Waals surface area contributed by atoms with Gasteiger partial charge in [-0.05, 0) is 25.5 Å². The molecule has 0 aliphatic carbocycles. The van der Waals surface area contributed by atoms with E-state index in [1.54, 1.807) is 6.33 Å². The fourth-order valence-corrected chi connectivity index (χ4v) is 1.64. The Kier molecular flexibility index (Phi) is 3.57. The van der Waals surface area contributed by atoms with Crippen molar-refractivity contribution >= 4 is 28.3 Å². The number of nitrogens with one attached hydrogen (secondary N) is 1. The van der Waals surface area contributed by atoms with Crippen molar-refractivity contribution in [1.29, 1.82) is 0 Å². The molecule has 0 fully saturated rings. The third kappa shape index (κ3) is 2.61. The highest BCUT2D eigenvalue weighted by atomic mass is 35.5. The molecule has 0 amide bonds. The summed E-state index contributed by atoms with van der Waals surface area (Å²) in [4.78, 5) is 8.45. The first kappa shape index (κ1) is 11.1. The van der Waals surface area contributed by atoms with E-state index in [0.29, 0.717) is 0 Å². The highest BCUT2D eigenvalue weighted by Gasteiger charge is 2.02. The van der Waals surface area contributed by atoms with Gasteiger partial charge in [-0.1, -0.05) is 12.1 Å². The number of rotatable bonds is 4. The topological polar surface area (TPSA) is 37.8 Å². The van der Waals surface area contributed by atoms with Crippen LogP contribution in [-0.4, -0.2) is 21.9 Å². The number of halogens is 1. The monoisotopic (exact) mass is 235 g/mol. The molecule has 0 spiro atoms. The molecular weight excluding hydrogens is 222 g/mol. The van der Waals surface area contributed by atoms with Crippen molar-refractivity contribution in [3.63, 3.8) is 0 Å². The van der Waals surface area contributed by atoms with Gasteiger partial charge in [0.2, 0.25) is 0 Å². The summed E-state index contributed by atoms with van der Waals surface area (Å²) in [7, 11) is 0. The fourth-order valence-electron chi connectivity index (χ4n) is 1.54. The predicted molar refractivity (Wildman–Crippen MR) is 68.0 cm³/mol. The first-order valence-corrected chi connectivity index (χ1v) is 5.78. The van der Waals surface area contributed by atoms with Crippen molar-refractivity contribution in [2.75, 3.05) is 11.9 Å². The minimum absolute atomic E-state index is 0.181. The van der Waals surface area contributed by atoms with E-state index in [9.17, 15) is 0 Å². The van der Waals surface area contributed by atoms with Crippen LogP contribution in [0.2, 0.25) is 0 Å². The van der Waals surface area contributed by atoms with Crippen LogP contribution in [0.25, 0.3) is 10.9 Å². The van der Waals surface area contributed by atoms with Gasteiger partial charge < -0.3 is 5.32 Å². The summed E-state index contributed by atoms with van der Waals surface area (Å²) in [6.07, 6.45) is 2.49. The molecule has 1 heterocycles. The lowest BCUT2D eigenvalue weighted by Crippen LogP contribution is -2.07. The lowest BCUT2D eigenvalue weighted by molar-refractivity contribution is 0.840. The van der Waals surface area contributed by atoms with Gasteiger partial charge in [-0.15, -0.1) is 11.6 Å².